The van der Waals surface area contributed by atoms with Crippen molar-refractivity contribution >= 4 is 10.8 Å². The smallest absolute Gasteiger partial charge is 0.0152 e. The van der Waals surface area contributed by atoms with E-state index in [1.165, 1.54) is 119 Å². The Morgan fingerprint density at radius 2 is 1.10 bits per heavy atom. The van der Waals surface area contributed by atoms with Crippen molar-refractivity contribution in [3.8, 4) is 0 Å². The zero-order chi connectivity index (χ0) is 20.4. The molecule has 2 rings (SSSR count). The van der Waals surface area contributed by atoms with Crippen molar-refractivity contribution in [3.63, 3.8) is 0 Å². The maximum atomic E-state index is 2.42. The van der Waals surface area contributed by atoms with Gasteiger partial charge in [-0.25, -0.2) is 0 Å². The highest BCUT2D eigenvalue weighted by molar-refractivity contribution is 5.85. The second kappa shape index (κ2) is 16.3. The average molecular weight is 393 g/mol. The maximum absolute atomic E-state index is 2.42. The number of fused-ring (bicyclic) bond motifs is 1. The van der Waals surface area contributed by atoms with E-state index in [0.717, 1.165) is 0 Å². The summed E-state index contributed by atoms with van der Waals surface area (Å²) in [7, 11) is 0. The predicted octanol–water partition coefficient (Wildman–Crippen LogP) is 9.81. The lowest BCUT2D eigenvalue weighted by Gasteiger charge is -2.05. The fraction of sp³-hybridized carbons (Fsp3) is 0.586. The molecule has 0 aliphatic heterocycles. The van der Waals surface area contributed by atoms with Gasteiger partial charge in [-0.3, -0.25) is 0 Å². The average Bonchev–Trinajstić information content (AvgIpc) is 2.76. The van der Waals surface area contributed by atoms with Gasteiger partial charge in [0, 0.05) is 0 Å². The maximum Gasteiger partial charge on any atom is -0.0152 e. The minimum Gasteiger partial charge on any atom is -0.0885 e. The molecule has 160 valence electrons. The largest absolute Gasteiger partial charge is 0.0885 e. The highest BCUT2D eigenvalue weighted by Gasteiger charge is 1.99. The van der Waals surface area contributed by atoms with Gasteiger partial charge >= 0.3 is 0 Å². The summed E-state index contributed by atoms with van der Waals surface area (Å²) in [5, 5.41) is 2.79. The molecule has 0 aliphatic carbocycles. The Morgan fingerprint density at radius 1 is 0.552 bits per heavy atom. The number of benzene rings is 2. The van der Waals surface area contributed by atoms with Gasteiger partial charge in [0.05, 0.1) is 0 Å². The standard InChI is InChI=1S/C29H44/c1-2-3-4-5-6-7-8-9-10-11-12-13-14-15-16-17-18-22-27-24-21-25-28-23-19-20-26-29(27)28/h15-16,19-21,23-26H,2-14,17-18,22H2,1H3/b16-15+. The van der Waals surface area contributed by atoms with E-state index in [4.69, 9.17) is 0 Å². The van der Waals surface area contributed by atoms with Crippen molar-refractivity contribution in [2.24, 2.45) is 0 Å². The van der Waals surface area contributed by atoms with Crippen LogP contribution in [0.2, 0.25) is 0 Å². The van der Waals surface area contributed by atoms with Crippen LogP contribution in [0.15, 0.2) is 54.6 Å². The molecule has 0 atom stereocenters. The second-order valence-corrected chi connectivity index (χ2v) is 8.68. The summed E-state index contributed by atoms with van der Waals surface area (Å²) >= 11 is 0. The molecule has 0 aliphatic rings. The number of allylic oxidation sites excluding steroid dienone is 2. The first kappa shape index (κ1) is 23.7. The lowest BCUT2D eigenvalue weighted by molar-refractivity contribution is 0.545. The molecule has 0 nitrogen and oxygen atoms in total. The van der Waals surface area contributed by atoms with Crippen LogP contribution in [-0.2, 0) is 6.42 Å². The highest BCUT2D eigenvalue weighted by atomic mass is 14.0. The third-order valence-electron chi connectivity index (χ3n) is 6.09. The van der Waals surface area contributed by atoms with Gasteiger partial charge in [-0.05, 0) is 48.4 Å². The molecule has 0 radical (unpaired) electrons. The van der Waals surface area contributed by atoms with Crippen LogP contribution in [0.25, 0.3) is 10.8 Å². The molecule has 0 heterocycles. The molecule has 29 heavy (non-hydrogen) atoms. The van der Waals surface area contributed by atoms with E-state index in [-0.39, 0.29) is 0 Å². The number of rotatable bonds is 17. The first-order chi connectivity index (χ1) is 14.4. The molecule has 0 bridgehead atoms. The number of aryl methyl sites for hydroxylation is 1. The van der Waals surface area contributed by atoms with Crippen LogP contribution in [0, 0.1) is 0 Å². The number of unbranched alkanes of at least 4 members (excludes halogenated alkanes) is 13. The molecule has 0 saturated carbocycles. The zero-order valence-corrected chi connectivity index (χ0v) is 19.0. The second-order valence-electron chi connectivity index (χ2n) is 8.68. The van der Waals surface area contributed by atoms with E-state index >= 15 is 0 Å². The first-order valence-corrected chi connectivity index (χ1v) is 12.5. The van der Waals surface area contributed by atoms with Crippen molar-refractivity contribution in [3.05, 3.63) is 60.2 Å². The molecule has 0 fully saturated rings. The molecular formula is C29H44. The summed E-state index contributed by atoms with van der Waals surface area (Å²) in [5.74, 6) is 0. The van der Waals surface area contributed by atoms with Crippen molar-refractivity contribution in [2.75, 3.05) is 0 Å². The van der Waals surface area contributed by atoms with Gasteiger partial charge in [0.2, 0.25) is 0 Å². The Morgan fingerprint density at radius 3 is 1.79 bits per heavy atom. The summed E-state index contributed by atoms with van der Waals surface area (Å²) < 4.78 is 0. The molecular weight excluding hydrogens is 348 g/mol. The minimum absolute atomic E-state index is 1.18. The SMILES string of the molecule is CCCCCCCCCCCCCC/C=C/CCCc1cccc2ccccc12. The van der Waals surface area contributed by atoms with Gasteiger partial charge in [0.1, 0.15) is 0 Å². The van der Waals surface area contributed by atoms with E-state index in [9.17, 15) is 0 Å². The summed E-state index contributed by atoms with van der Waals surface area (Å²) in [5.41, 5.74) is 1.50. The van der Waals surface area contributed by atoms with Gasteiger partial charge in [-0.1, -0.05) is 132 Å². The van der Waals surface area contributed by atoms with Gasteiger partial charge in [0.15, 0.2) is 0 Å². The Balaban J connectivity index is 1.40. The minimum atomic E-state index is 1.18. The van der Waals surface area contributed by atoms with Crippen LogP contribution in [0.1, 0.15) is 109 Å². The van der Waals surface area contributed by atoms with Crippen molar-refractivity contribution < 1.29 is 0 Å². The summed E-state index contributed by atoms with van der Waals surface area (Å²) in [6.45, 7) is 2.29. The topological polar surface area (TPSA) is 0 Å². The Labute approximate surface area is 180 Å². The van der Waals surface area contributed by atoms with Gasteiger partial charge in [-0.2, -0.15) is 0 Å². The van der Waals surface area contributed by atoms with Crippen LogP contribution < -0.4 is 0 Å². The molecule has 0 aromatic heterocycles. The third kappa shape index (κ3) is 10.7. The van der Waals surface area contributed by atoms with Crippen LogP contribution in [0.4, 0.5) is 0 Å². The van der Waals surface area contributed by atoms with Crippen molar-refractivity contribution in [1.82, 2.24) is 0 Å². The van der Waals surface area contributed by atoms with Crippen LogP contribution >= 0.6 is 0 Å². The molecule has 0 spiro atoms. The summed E-state index contributed by atoms with van der Waals surface area (Å²) in [6, 6.07) is 15.5. The molecule has 2 aromatic rings. The zero-order valence-electron chi connectivity index (χ0n) is 19.0. The predicted molar refractivity (Wildman–Crippen MR) is 132 cm³/mol. The van der Waals surface area contributed by atoms with Gasteiger partial charge in [0.25, 0.3) is 0 Å². The van der Waals surface area contributed by atoms with E-state index < -0.39 is 0 Å². The summed E-state index contributed by atoms with van der Waals surface area (Å²) in [6.07, 6.45) is 27.0. The lowest BCUT2D eigenvalue weighted by Crippen LogP contribution is -1.87. The van der Waals surface area contributed by atoms with E-state index in [0.29, 0.717) is 0 Å². The molecule has 0 N–H and O–H groups in total. The fourth-order valence-corrected chi connectivity index (χ4v) is 4.26. The molecule has 2 aromatic carbocycles. The van der Waals surface area contributed by atoms with E-state index in [1.807, 2.05) is 0 Å². The molecule has 0 saturated heterocycles. The Kier molecular flexibility index (Phi) is 13.3. The van der Waals surface area contributed by atoms with Crippen LogP contribution in [0.5, 0.6) is 0 Å². The fourth-order valence-electron chi connectivity index (χ4n) is 4.26. The number of hydrogen-bond acceptors (Lipinski definition) is 0. The van der Waals surface area contributed by atoms with Gasteiger partial charge in [-0.15, -0.1) is 0 Å². The van der Waals surface area contributed by atoms with Crippen molar-refractivity contribution in [2.45, 2.75) is 110 Å². The van der Waals surface area contributed by atoms with E-state index in [2.05, 4.69) is 61.5 Å². The monoisotopic (exact) mass is 392 g/mol. The van der Waals surface area contributed by atoms with Gasteiger partial charge < -0.3 is 0 Å². The molecule has 0 heteroatoms. The van der Waals surface area contributed by atoms with E-state index in [1.54, 1.807) is 0 Å². The molecule has 0 unspecified atom stereocenters. The first-order valence-electron chi connectivity index (χ1n) is 12.5. The summed E-state index contributed by atoms with van der Waals surface area (Å²) in [4.78, 5) is 0. The third-order valence-corrected chi connectivity index (χ3v) is 6.09. The van der Waals surface area contributed by atoms with Crippen molar-refractivity contribution in [1.29, 1.82) is 0 Å². The lowest BCUT2D eigenvalue weighted by atomic mass is 10.00. The van der Waals surface area contributed by atoms with Crippen LogP contribution in [0.3, 0.4) is 0 Å². The highest BCUT2D eigenvalue weighted by Crippen LogP contribution is 2.20. The Bertz CT molecular complexity index is 661. The van der Waals surface area contributed by atoms with Crippen LogP contribution in [-0.4, -0.2) is 0 Å². The molecule has 0 amide bonds. The quantitative estimate of drug-likeness (QED) is 0.185. The Hall–Kier alpha value is -1.56. The normalized spacial score (nSPS) is 11.6. The number of hydrogen-bond donors (Lipinski definition) is 0.